The van der Waals surface area contributed by atoms with Crippen LogP contribution in [0.5, 0.6) is 11.5 Å². The van der Waals surface area contributed by atoms with Crippen molar-refractivity contribution < 1.29 is 19.1 Å². The molecule has 0 heterocycles. The molecule has 0 atom stereocenters. The van der Waals surface area contributed by atoms with Crippen LogP contribution in [-0.2, 0) is 4.57 Å². The van der Waals surface area contributed by atoms with Gasteiger partial charge in [-0.1, -0.05) is 0 Å². The number of aliphatic hydroxyl groups is 1. The summed E-state index contributed by atoms with van der Waals surface area (Å²) in [5, 5.41) is 10.8. The topological polar surface area (TPSA) is 55.8 Å². The van der Waals surface area contributed by atoms with Crippen LogP contribution in [0.3, 0.4) is 0 Å². The maximum atomic E-state index is 13.1. The van der Waals surface area contributed by atoms with Gasteiger partial charge in [0, 0.05) is 10.6 Å². The Morgan fingerprint density at radius 2 is 1.20 bits per heavy atom. The minimum atomic E-state index is -3.02. The lowest BCUT2D eigenvalue weighted by Crippen LogP contribution is -2.18. The first-order chi connectivity index (χ1) is 9.63. The molecular weight excluding hydrogens is 275 g/mol. The fourth-order valence-electron chi connectivity index (χ4n) is 1.96. The standard InChI is InChI=1S/C15H17O4P/c1-18-12-3-7-14(8-4-12)20(17,11-16)15-9-5-13(19-2)6-10-15/h3-10,16H,11H2,1-2H3. The molecule has 2 aromatic rings. The van der Waals surface area contributed by atoms with Gasteiger partial charge in [-0.3, -0.25) is 0 Å². The van der Waals surface area contributed by atoms with E-state index in [1.807, 2.05) is 0 Å². The minimum absolute atomic E-state index is 0.411. The molecule has 0 spiro atoms. The molecular formula is C15H17O4P. The van der Waals surface area contributed by atoms with Gasteiger partial charge in [0.1, 0.15) is 17.8 Å². The Hall–Kier alpha value is -1.77. The summed E-state index contributed by atoms with van der Waals surface area (Å²) < 4.78 is 23.2. The third-order valence-corrected chi connectivity index (χ3v) is 5.84. The van der Waals surface area contributed by atoms with Crippen LogP contribution in [0.25, 0.3) is 0 Å². The zero-order chi connectivity index (χ0) is 14.6. The number of methoxy groups -OCH3 is 2. The number of aliphatic hydroxyl groups excluding tert-OH is 1. The van der Waals surface area contributed by atoms with Gasteiger partial charge in [-0.05, 0) is 48.5 Å². The van der Waals surface area contributed by atoms with E-state index in [9.17, 15) is 9.67 Å². The normalized spacial score (nSPS) is 11.2. The molecule has 0 saturated heterocycles. The van der Waals surface area contributed by atoms with Crippen LogP contribution < -0.4 is 20.1 Å². The first-order valence-corrected chi connectivity index (χ1v) is 8.02. The Bertz CT molecular complexity index is 553. The smallest absolute Gasteiger partial charge is 0.167 e. The van der Waals surface area contributed by atoms with Crippen LogP contribution in [0.1, 0.15) is 0 Å². The average molecular weight is 292 g/mol. The summed E-state index contributed by atoms with van der Waals surface area (Å²) in [6.07, 6.45) is -0.411. The zero-order valence-corrected chi connectivity index (χ0v) is 12.3. The van der Waals surface area contributed by atoms with Gasteiger partial charge in [-0.25, -0.2) is 0 Å². The van der Waals surface area contributed by atoms with Gasteiger partial charge in [0.05, 0.1) is 14.2 Å². The number of ether oxygens (including phenoxy) is 2. The predicted molar refractivity (Wildman–Crippen MR) is 79.9 cm³/mol. The molecule has 1 N–H and O–H groups in total. The maximum absolute atomic E-state index is 13.1. The number of hydrogen-bond acceptors (Lipinski definition) is 4. The van der Waals surface area contributed by atoms with E-state index in [0.717, 1.165) is 0 Å². The largest absolute Gasteiger partial charge is 0.497 e. The van der Waals surface area contributed by atoms with Crippen molar-refractivity contribution in [2.24, 2.45) is 0 Å². The van der Waals surface area contributed by atoms with Gasteiger partial charge in [-0.2, -0.15) is 0 Å². The molecule has 5 heteroatoms. The minimum Gasteiger partial charge on any atom is -0.497 e. The number of hydrogen-bond donors (Lipinski definition) is 1. The molecule has 0 aliphatic carbocycles. The van der Waals surface area contributed by atoms with Gasteiger partial charge in [0.2, 0.25) is 0 Å². The highest BCUT2D eigenvalue weighted by atomic mass is 31.2. The SMILES string of the molecule is COc1ccc(P(=O)(CO)c2ccc(OC)cc2)cc1. The Balaban J connectivity index is 2.42. The van der Waals surface area contributed by atoms with E-state index in [-0.39, 0.29) is 0 Å². The van der Waals surface area contributed by atoms with Crippen molar-refractivity contribution in [1.29, 1.82) is 0 Å². The molecule has 0 aliphatic rings. The van der Waals surface area contributed by atoms with E-state index in [2.05, 4.69) is 0 Å². The highest BCUT2D eigenvalue weighted by Gasteiger charge is 2.26. The lowest BCUT2D eigenvalue weighted by atomic mass is 10.3. The molecule has 2 rings (SSSR count). The van der Waals surface area contributed by atoms with E-state index in [1.165, 1.54) is 0 Å². The van der Waals surface area contributed by atoms with Gasteiger partial charge < -0.3 is 19.1 Å². The van der Waals surface area contributed by atoms with Crippen molar-refractivity contribution in [3.8, 4) is 11.5 Å². The average Bonchev–Trinajstić information content (AvgIpc) is 2.54. The van der Waals surface area contributed by atoms with Crippen molar-refractivity contribution >= 4 is 17.8 Å². The summed E-state index contributed by atoms with van der Waals surface area (Å²) in [6.45, 7) is 0. The van der Waals surface area contributed by atoms with Gasteiger partial charge >= 0.3 is 0 Å². The van der Waals surface area contributed by atoms with Crippen molar-refractivity contribution in [2.75, 3.05) is 20.6 Å². The third-order valence-electron chi connectivity index (χ3n) is 3.18. The van der Waals surface area contributed by atoms with E-state index >= 15 is 0 Å². The Morgan fingerprint density at radius 3 is 1.45 bits per heavy atom. The fourth-order valence-corrected chi connectivity index (χ4v) is 3.84. The second-order valence-corrected chi connectivity index (χ2v) is 7.07. The molecule has 0 saturated carbocycles. The summed E-state index contributed by atoms with van der Waals surface area (Å²) in [4.78, 5) is 0. The van der Waals surface area contributed by atoms with E-state index in [1.54, 1.807) is 62.8 Å². The predicted octanol–water partition coefficient (Wildman–Crippen LogP) is 1.97. The van der Waals surface area contributed by atoms with Gasteiger partial charge in [-0.15, -0.1) is 0 Å². The summed E-state index contributed by atoms with van der Waals surface area (Å²) in [6, 6.07) is 13.8. The molecule has 0 aliphatic heterocycles. The van der Waals surface area contributed by atoms with E-state index in [4.69, 9.17) is 9.47 Å². The Morgan fingerprint density at radius 1 is 0.850 bits per heavy atom. The van der Waals surface area contributed by atoms with Crippen LogP contribution in [0.4, 0.5) is 0 Å². The quantitative estimate of drug-likeness (QED) is 0.856. The highest BCUT2D eigenvalue weighted by molar-refractivity contribution is 7.78. The molecule has 4 nitrogen and oxygen atoms in total. The van der Waals surface area contributed by atoms with E-state index in [0.29, 0.717) is 22.1 Å². The van der Waals surface area contributed by atoms with Gasteiger partial charge in [0.25, 0.3) is 0 Å². The molecule has 0 fully saturated rings. The van der Waals surface area contributed by atoms with Crippen molar-refractivity contribution in [3.05, 3.63) is 48.5 Å². The van der Waals surface area contributed by atoms with Crippen LogP contribution in [0, 0.1) is 0 Å². The molecule has 0 amide bonds. The fraction of sp³-hybridized carbons (Fsp3) is 0.200. The van der Waals surface area contributed by atoms with Crippen LogP contribution in [0.2, 0.25) is 0 Å². The number of rotatable bonds is 5. The second kappa shape index (κ2) is 6.12. The van der Waals surface area contributed by atoms with Gasteiger partial charge in [0.15, 0.2) is 7.14 Å². The van der Waals surface area contributed by atoms with Crippen molar-refractivity contribution in [3.63, 3.8) is 0 Å². The van der Waals surface area contributed by atoms with Crippen LogP contribution in [0.15, 0.2) is 48.5 Å². The first-order valence-electron chi connectivity index (χ1n) is 6.13. The number of benzene rings is 2. The molecule has 106 valence electrons. The van der Waals surface area contributed by atoms with Crippen molar-refractivity contribution in [1.82, 2.24) is 0 Å². The Labute approximate surface area is 118 Å². The zero-order valence-electron chi connectivity index (χ0n) is 11.4. The third kappa shape index (κ3) is 2.72. The lowest BCUT2D eigenvalue weighted by molar-refractivity contribution is 0.362. The molecule has 0 unspecified atom stereocenters. The summed E-state index contributed by atoms with van der Waals surface area (Å²) in [5.74, 6) is 1.38. The van der Waals surface area contributed by atoms with Crippen LogP contribution in [-0.4, -0.2) is 25.7 Å². The first kappa shape index (κ1) is 14.6. The summed E-state index contributed by atoms with van der Waals surface area (Å²) in [7, 11) is 0.126. The lowest BCUT2D eigenvalue weighted by Gasteiger charge is -2.17. The van der Waals surface area contributed by atoms with Crippen molar-refractivity contribution in [2.45, 2.75) is 0 Å². The second-order valence-electron chi connectivity index (χ2n) is 4.28. The Kier molecular flexibility index (Phi) is 4.48. The highest BCUT2D eigenvalue weighted by Crippen LogP contribution is 2.42. The molecule has 20 heavy (non-hydrogen) atoms. The van der Waals surface area contributed by atoms with Crippen LogP contribution >= 0.6 is 7.14 Å². The molecule has 0 bridgehead atoms. The summed E-state index contributed by atoms with van der Waals surface area (Å²) in [5.41, 5.74) is 0. The summed E-state index contributed by atoms with van der Waals surface area (Å²) >= 11 is 0. The molecule has 0 aromatic heterocycles. The maximum Gasteiger partial charge on any atom is 0.167 e. The monoisotopic (exact) mass is 292 g/mol. The molecule has 2 aromatic carbocycles. The van der Waals surface area contributed by atoms with E-state index < -0.39 is 13.5 Å². The molecule has 0 radical (unpaired) electrons.